The van der Waals surface area contributed by atoms with Gasteiger partial charge in [0.2, 0.25) is 0 Å². The molecule has 1 spiro atoms. The number of methoxy groups -OCH3 is 1. The Morgan fingerprint density at radius 2 is 1.92 bits per heavy atom. The number of nitrogens with two attached hydrogens (primary N) is 1. The summed E-state index contributed by atoms with van der Waals surface area (Å²) in [6, 6.07) is 8.19. The van der Waals surface area contributed by atoms with Gasteiger partial charge in [-0.1, -0.05) is 64.3 Å². The number of nitrogens with one attached hydrogen (secondary N) is 4. The maximum Gasteiger partial charge on any atom is 0.302 e. The van der Waals surface area contributed by atoms with Crippen molar-refractivity contribution in [2.75, 3.05) is 38.8 Å². The summed E-state index contributed by atoms with van der Waals surface area (Å²) in [6.07, 6.45) is 18.2. The van der Waals surface area contributed by atoms with Crippen molar-refractivity contribution in [3.8, 4) is 51.7 Å². The van der Waals surface area contributed by atoms with Crippen LogP contribution in [0.3, 0.4) is 0 Å². The van der Waals surface area contributed by atoms with Crippen molar-refractivity contribution in [1.29, 1.82) is 0 Å². The predicted octanol–water partition coefficient (Wildman–Crippen LogP) is 8.53. The number of carbonyl (C=O) groups excluding carboxylic acids is 2. The van der Waals surface area contributed by atoms with Crippen LogP contribution in [0.15, 0.2) is 53.8 Å². The van der Waals surface area contributed by atoms with Crippen LogP contribution in [0.5, 0.6) is 28.7 Å². The number of fused-ring (bicyclic) bond motifs is 11. The highest BCUT2D eigenvalue weighted by atomic mass is 33.1. The van der Waals surface area contributed by atoms with Gasteiger partial charge in [-0.3, -0.25) is 9.59 Å². The van der Waals surface area contributed by atoms with E-state index in [1.54, 1.807) is 13.2 Å². The van der Waals surface area contributed by atoms with Gasteiger partial charge >= 0.3 is 5.97 Å². The molecule has 3 aromatic rings. The lowest BCUT2D eigenvalue weighted by atomic mass is 9.65. The molecule has 3 aromatic carbocycles. The van der Waals surface area contributed by atoms with Gasteiger partial charge in [-0.25, -0.2) is 0 Å². The van der Waals surface area contributed by atoms with Gasteiger partial charge in [0.15, 0.2) is 11.5 Å². The van der Waals surface area contributed by atoms with Crippen molar-refractivity contribution in [2.24, 2.45) is 23.5 Å². The molecule has 3 saturated carbocycles. The molecule has 0 aromatic heterocycles. The third-order valence-electron chi connectivity index (χ3n) is 18.0. The molecule has 4 aliphatic carbocycles. The van der Waals surface area contributed by atoms with Crippen LogP contribution in [-0.2, 0) is 39.1 Å². The minimum Gasteiger partial charge on any atom is -0.508 e. The fraction of sp³-hybridized carbons (Fsp3) is 0.533. The standard InChI is InChI=1S/C60H71N5O8S2/c1-32(66)71-29-46-42-12-13-43-53-36(23-40(67)24-50(53)70-3)26-60-19-18-33(25-60)20-35-10-17-52(61)65-47(35)9-5-8-41-45(28-63-38-11-16-49(68)37(22-38)27-62-2)56(69)59-44(54(41)57(46)73-58(42)55(43)60)14-15-48-51(72-59)31-75-74-30-34-6-4-7-39(21-34)64-48/h10,12-15,17,23-24,33-34,37-39,46,48,51-52,57,62-65,67,69H,4,6-8,11,16,18-22,25-31,61H2,1-3H3/t33-,34-,37+,38+,39+,46+,48+,51-,52?,57+,60-/m1/s1. The van der Waals surface area contributed by atoms with Crippen LogP contribution in [0.4, 0.5) is 0 Å². The predicted molar refractivity (Wildman–Crippen MR) is 295 cm³/mol. The number of dihydropyridines is 1. The van der Waals surface area contributed by atoms with E-state index in [4.69, 9.17) is 24.7 Å². The van der Waals surface area contributed by atoms with E-state index in [1.807, 2.05) is 40.8 Å². The quantitative estimate of drug-likeness (QED) is 0.0647. The topological polar surface area (TPSA) is 186 Å². The Labute approximate surface area is 448 Å². The van der Waals surface area contributed by atoms with Crippen LogP contribution in [0.1, 0.15) is 129 Å². The van der Waals surface area contributed by atoms with Gasteiger partial charge in [-0.2, -0.15) is 0 Å². The monoisotopic (exact) mass is 1050 g/mol. The zero-order valence-electron chi connectivity index (χ0n) is 43.4. The molecule has 5 heterocycles. The normalized spacial score (nSPS) is 31.2. The zero-order chi connectivity index (χ0) is 51.5. The van der Waals surface area contributed by atoms with Crippen molar-refractivity contribution in [2.45, 2.75) is 145 Å². The fourth-order valence-corrected chi connectivity index (χ4v) is 17.2. The molecule has 8 N–H and O–H groups in total. The summed E-state index contributed by atoms with van der Waals surface area (Å²) in [7, 11) is 7.32. The Bertz CT molecular complexity index is 2950. The second kappa shape index (κ2) is 21.0. The van der Waals surface area contributed by atoms with Crippen LogP contribution in [-0.4, -0.2) is 91.2 Å². The van der Waals surface area contributed by atoms with Crippen LogP contribution in [0, 0.1) is 29.6 Å². The Morgan fingerprint density at radius 3 is 2.77 bits per heavy atom. The summed E-state index contributed by atoms with van der Waals surface area (Å²) in [5.74, 6) is 11.4. The first kappa shape index (κ1) is 50.7. The van der Waals surface area contributed by atoms with Crippen molar-refractivity contribution in [1.82, 2.24) is 21.3 Å². The number of carbonyl (C=O) groups is 2. The smallest absolute Gasteiger partial charge is 0.302 e. The molecule has 12 rings (SSSR count). The van der Waals surface area contributed by atoms with Crippen LogP contribution in [0.25, 0.3) is 17.2 Å². The number of allylic oxidation sites excluding steroid dienone is 3. The van der Waals surface area contributed by atoms with Crippen LogP contribution < -0.4 is 41.2 Å². The van der Waals surface area contributed by atoms with E-state index in [0.29, 0.717) is 79.5 Å². The molecule has 15 heteroatoms. The number of Topliss-reactive ketones (excluding diaryl/α,β-unsaturated/α-hetero) is 1. The molecule has 1 saturated heterocycles. The van der Waals surface area contributed by atoms with Gasteiger partial charge in [-0.05, 0) is 123 Å². The first-order valence-corrected chi connectivity index (χ1v) is 29.9. The highest BCUT2D eigenvalue weighted by molar-refractivity contribution is 8.76. The van der Waals surface area contributed by atoms with Gasteiger partial charge in [0, 0.05) is 107 Å². The van der Waals surface area contributed by atoms with Crippen molar-refractivity contribution in [3.63, 3.8) is 0 Å². The number of hydrogen-bond donors (Lipinski definition) is 7. The molecule has 0 radical (unpaired) electrons. The minimum atomic E-state index is -0.702. The third-order valence-corrected chi connectivity index (χ3v) is 20.5. The van der Waals surface area contributed by atoms with E-state index in [0.717, 1.165) is 106 Å². The summed E-state index contributed by atoms with van der Waals surface area (Å²) in [5.41, 5.74) is 16.3. The molecule has 9 aliphatic rings. The average Bonchev–Trinajstić information content (AvgIpc) is 3.91. The molecule has 1 unspecified atom stereocenters. The number of rotatable bonds is 8. The molecule has 13 nitrogen and oxygen atoms in total. The number of ketones is 1. The summed E-state index contributed by atoms with van der Waals surface area (Å²) >= 11 is 0. The lowest BCUT2D eigenvalue weighted by Gasteiger charge is -2.39. The number of benzene rings is 3. The number of ether oxygens (including phenoxy) is 4. The molecule has 6 bridgehead atoms. The number of aromatic hydroxyl groups is 2. The Kier molecular flexibility index (Phi) is 14.2. The number of hydrogen-bond acceptors (Lipinski definition) is 15. The number of phenols is 2. The number of phenolic OH excluding ortho intramolecular Hbond substituents is 2. The van der Waals surface area contributed by atoms with E-state index in [-0.39, 0.29) is 65.8 Å². The third kappa shape index (κ3) is 9.64. The lowest BCUT2D eigenvalue weighted by molar-refractivity contribution is -0.142. The van der Waals surface area contributed by atoms with Gasteiger partial charge < -0.3 is 56.2 Å². The second-order valence-electron chi connectivity index (χ2n) is 22.8. The van der Waals surface area contributed by atoms with Gasteiger partial charge in [0.25, 0.3) is 0 Å². The van der Waals surface area contributed by atoms with Crippen molar-refractivity contribution >= 4 is 39.4 Å². The van der Waals surface area contributed by atoms with E-state index < -0.39 is 18.2 Å². The Morgan fingerprint density at radius 1 is 1.04 bits per heavy atom. The first-order valence-electron chi connectivity index (χ1n) is 27.4. The summed E-state index contributed by atoms with van der Waals surface area (Å²) in [6.45, 7) is 2.42. The maximum absolute atomic E-state index is 13.2. The summed E-state index contributed by atoms with van der Waals surface area (Å²) < 4.78 is 27.3. The Hall–Kier alpha value is -5.08. The lowest BCUT2D eigenvalue weighted by Crippen LogP contribution is -2.49. The molecule has 4 fully saturated rings. The molecule has 5 aliphatic heterocycles. The van der Waals surface area contributed by atoms with Gasteiger partial charge in [0.1, 0.15) is 41.8 Å². The van der Waals surface area contributed by atoms with E-state index in [9.17, 15) is 19.8 Å². The fourth-order valence-electron chi connectivity index (χ4n) is 14.5. The first-order chi connectivity index (χ1) is 36.5. The molecular formula is C60H71N5O8S2. The highest BCUT2D eigenvalue weighted by Crippen LogP contribution is 2.63. The molecule has 11 atom stereocenters. The van der Waals surface area contributed by atoms with E-state index in [2.05, 4.69) is 63.5 Å². The SMILES string of the molecule is CNC[C@@H]1C[C@@H](NCc2c(O)c3c(c4c2CC#CC2=C(C=CC(N)N2)C[C@H]2CC[C@]5(Cc6cc(O)cc(OC)c6-c6ccc7c(c65)O[C@H]4[C@H]7COC(C)=O)C2)C=C[C@@H]2N[C@H]4CCC[C@@H](CSSC[C@H]2O3)C4)CCC1=O. The van der Waals surface area contributed by atoms with Crippen molar-refractivity contribution in [3.05, 3.63) is 92.7 Å². The summed E-state index contributed by atoms with van der Waals surface area (Å²) in [4.78, 5) is 26.1. The number of esters is 1. The highest BCUT2D eigenvalue weighted by Gasteiger charge is 2.52. The Balaban J connectivity index is 1.09. The minimum absolute atomic E-state index is 0.0275. The van der Waals surface area contributed by atoms with Crippen LogP contribution >= 0.6 is 21.6 Å². The molecular weight excluding hydrogens is 983 g/mol. The van der Waals surface area contributed by atoms with E-state index >= 15 is 0 Å². The van der Waals surface area contributed by atoms with Crippen molar-refractivity contribution < 1.29 is 38.7 Å². The molecule has 75 heavy (non-hydrogen) atoms. The second-order valence-corrected chi connectivity index (χ2v) is 25.3. The summed E-state index contributed by atoms with van der Waals surface area (Å²) in [5, 5.41) is 38.9. The largest absolute Gasteiger partial charge is 0.508 e. The van der Waals surface area contributed by atoms with Crippen LogP contribution in [0.2, 0.25) is 0 Å². The zero-order valence-corrected chi connectivity index (χ0v) is 45.0. The average molecular weight is 1050 g/mol. The van der Waals surface area contributed by atoms with E-state index in [1.165, 1.54) is 19.8 Å². The molecule has 396 valence electrons. The van der Waals surface area contributed by atoms with Gasteiger partial charge in [0.05, 0.1) is 30.9 Å². The maximum atomic E-state index is 13.2. The van der Waals surface area contributed by atoms with Gasteiger partial charge in [-0.15, -0.1) is 0 Å². The molecule has 0 amide bonds.